The smallest absolute Gasteiger partial charge is 0.364 e. The molecule has 0 spiro atoms. The Labute approximate surface area is 124 Å². The zero-order chi connectivity index (χ0) is 16.2. The molecule has 0 amide bonds. The summed E-state index contributed by atoms with van der Waals surface area (Å²) in [7, 11) is 0. The minimum Gasteiger partial charge on any atom is -0.457 e. The molecule has 2 aromatic rings. The molecule has 0 N–H and O–H groups in total. The van der Waals surface area contributed by atoms with Crippen molar-refractivity contribution in [1.82, 2.24) is 0 Å². The monoisotopic (exact) mass is 284 g/mol. The Kier molecular flexibility index (Phi) is 3.92. The number of aryl methyl sites for hydroxylation is 1. The van der Waals surface area contributed by atoms with Crippen LogP contribution in [-0.2, 0) is 21.8 Å². The van der Waals surface area contributed by atoms with Gasteiger partial charge in [-0.3, -0.25) is 0 Å². The number of halogens is 1. The molecule has 4 heteroatoms. The van der Waals surface area contributed by atoms with Crippen molar-refractivity contribution >= 4 is 5.97 Å². The number of alkyl halides is 1. The third-order valence-corrected chi connectivity index (χ3v) is 2.99. The van der Waals surface area contributed by atoms with Gasteiger partial charge in [0.25, 0.3) is 0 Å². The molecule has 0 aliphatic heterocycles. The Morgan fingerprint density at radius 1 is 1.29 bits per heavy atom. The van der Waals surface area contributed by atoms with Gasteiger partial charge in [-0.05, 0) is 12.5 Å². The highest BCUT2D eigenvalue weighted by atomic mass is 19.1. The van der Waals surface area contributed by atoms with E-state index in [-0.39, 0.29) is 5.56 Å². The average molecular weight is 284 g/mol. The van der Waals surface area contributed by atoms with Crippen LogP contribution in [0, 0.1) is 18.3 Å². The highest BCUT2D eigenvalue weighted by Crippen LogP contribution is 2.27. The summed E-state index contributed by atoms with van der Waals surface area (Å²) in [5.41, 5.74) is -1.76. The standard InChI is InChI=1S/C17H14FNO2/c1-13-7-9-15(10-8-13)17(18,12-19)16(20)21-11-14-5-3-2-4-6-14/h2-10H,11H2,1H3/t17-/m0/s1/i11D/t11-,17-. The number of nitrogens with zero attached hydrogens (tertiary/aromatic N) is 1. The van der Waals surface area contributed by atoms with Gasteiger partial charge in [0, 0.05) is 5.56 Å². The van der Waals surface area contributed by atoms with E-state index in [0.29, 0.717) is 5.56 Å². The number of nitriles is 1. The fraction of sp³-hybridized carbons (Fsp3) is 0.176. The van der Waals surface area contributed by atoms with Crippen molar-refractivity contribution in [2.75, 3.05) is 0 Å². The predicted octanol–water partition coefficient (Wildman–Crippen LogP) is 3.43. The van der Waals surface area contributed by atoms with Crippen LogP contribution in [0.1, 0.15) is 18.1 Å². The summed E-state index contributed by atoms with van der Waals surface area (Å²) in [6.45, 7) is 0.423. The molecule has 106 valence electrons. The molecule has 3 nitrogen and oxygen atoms in total. The molecule has 2 rings (SSSR count). The van der Waals surface area contributed by atoms with Crippen molar-refractivity contribution in [1.29, 1.82) is 5.26 Å². The van der Waals surface area contributed by atoms with Gasteiger partial charge in [0.2, 0.25) is 0 Å². The SMILES string of the molecule is [2H][C@H](OC(=O)[C@](F)(C#N)c1ccc(C)cc1)c1ccccc1. The van der Waals surface area contributed by atoms with Crippen LogP contribution in [0.5, 0.6) is 0 Å². The summed E-state index contributed by atoms with van der Waals surface area (Å²) in [5.74, 6) is -1.39. The topological polar surface area (TPSA) is 50.1 Å². The van der Waals surface area contributed by atoms with E-state index in [1.54, 1.807) is 42.5 Å². The van der Waals surface area contributed by atoms with Gasteiger partial charge >= 0.3 is 11.6 Å². The van der Waals surface area contributed by atoms with Gasteiger partial charge in [0.1, 0.15) is 12.7 Å². The first-order valence-corrected chi connectivity index (χ1v) is 6.33. The first-order valence-electron chi connectivity index (χ1n) is 6.90. The number of carbonyl (C=O) groups excluding carboxylic acids is 1. The first-order chi connectivity index (χ1) is 10.5. The lowest BCUT2D eigenvalue weighted by atomic mass is 9.96. The number of rotatable bonds is 4. The largest absolute Gasteiger partial charge is 0.457 e. The lowest BCUT2D eigenvalue weighted by Crippen LogP contribution is -2.31. The van der Waals surface area contributed by atoms with Gasteiger partial charge in [-0.2, -0.15) is 5.26 Å². The van der Waals surface area contributed by atoms with Crippen molar-refractivity contribution in [3.63, 3.8) is 0 Å². The van der Waals surface area contributed by atoms with Crippen LogP contribution < -0.4 is 0 Å². The molecule has 0 saturated carbocycles. The van der Waals surface area contributed by atoms with E-state index in [1.165, 1.54) is 18.2 Å². The number of hydrogen-bond acceptors (Lipinski definition) is 3. The van der Waals surface area contributed by atoms with Crippen LogP contribution >= 0.6 is 0 Å². The highest BCUT2D eigenvalue weighted by molar-refractivity contribution is 5.84. The van der Waals surface area contributed by atoms with Gasteiger partial charge < -0.3 is 4.74 Å². The van der Waals surface area contributed by atoms with E-state index in [4.69, 9.17) is 11.4 Å². The highest BCUT2D eigenvalue weighted by Gasteiger charge is 2.43. The van der Waals surface area contributed by atoms with E-state index in [2.05, 4.69) is 0 Å². The van der Waals surface area contributed by atoms with Crippen molar-refractivity contribution in [3.05, 3.63) is 71.3 Å². The summed E-state index contributed by atoms with van der Waals surface area (Å²) in [6, 6.07) is 15.6. The summed E-state index contributed by atoms with van der Waals surface area (Å²) < 4.78 is 27.3. The Hall–Kier alpha value is -2.67. The molecule has 21 heavy (non-hydrogen) atoms. The zero-order valence-corrected chi connectivity index (χ0v) is 11.4. The summed E-state index contributed by atoms with van der Waals surface area (Å²) >= 11 is 0. The van der Waals surface area contributed by atoms with E-state index in [0.717, 1.165) is 5.56 Å². The summed E-state index contributed by atoms with van der Waals surface area (Å²) in [4.78, 5) is 12.0. The van der Waals surface area contributed by atoms with Crippen molar-refractivity contribution in [3.8, 4) is 6.07 Å². The molecular weight excluding hydrogens is 269 g/mol. The fourth-order valence-electron chi connectivity index (χ4n) is 1.75. The van der Waals surface area contributed by atoms with Gasteiger partial charge in [0.15, 0.2) is 0 Å². The second-order valence-corrected chi connectivity index (χ2v) is 4.57. The molecule has 0 unspecified atom stereocenters. The van der Waals surface area contributed by atoms with Crippen molar-refractivity contribution in [2.24, 2.45) is 0 Å². The fourth-order valence-corrected chi connectivity index (χ4v) is 1.75. The minimum absolute atomic E-state index is 0.106. The maximum atomic E-state index is 14.7. The molecule has 2 atom stereocenters. The van der Waals surface area contributed by atoms with Gasteiger partial charge in [-0.25, -0.2) is 9.18 Å². The van der Waals surface area contributed by atoms with Gasteiger partial charge in [-0.15, -0.1) is 0 Å². The van der Waals surface area contributed by atoms with E-state index < -0.39 is 18.2 Å². The third-order valence-electron chi connectivity index (χ3n) is 2.99. The van der Waals surface area contributed by atoms with Crippen LogP contribution in [0.4, 0.5) is 4.39 Å². The molecule has 0 aliphatic rings. The molecule has 0 fully saturated rings. The Balaban J connectivity index is 2.22. The summed E-state index contributed by atoms with van der Waals surface area (Å²) in [5, 5.41) is 9.07. The van der Waals surface area contributed by atoms with Crippen LogP contribution in [0.2, 0.25) is 0 Å². The molecule has 0 saturated heterocycles. The second kappa shape index (κ2) is 6.19. The maximum absolute atomic E-state index is 14.7. The zero-order valence-electron chi connectivity index (χ0n) is 12.4. The van der Waals surface area contributed by atoms with Crippen LogP contribution in [0.25, 0.3) is 0 Å². The maximum Gasteiger partial charge on any atom is 0.364 e. The molecule has 0 aromatic heterocycles. The minimum atomic E-state index is -2.93. The average Bonchev–Trinajstić information content (AvgIpc) is 2.55. The Bertz CT molecular complexity index is 697. The van der Waals surface area contributed by atoms with Crippen molar-refractivity contribution < 1.29 is 15.3 Å². The second-order valence-electron chi connectivity index (χ2n) is 4.57. The Morgan fingerprint density at radius 2 is 1.90 bits per heavy atom. The molecule has 0 heterocycles. The molecule has 2 aromatic carbocycles. The van der Waals surface area contributed by atoms with E-state index in [9.17, 15) is 9.18 Å². The summed E-state index contributed by atoms with van der Waals surface area (Å²) in [6.07, 6.45) is 0. The van der Waals surface area contributed by atoms with E-state index in [1.807, 2.05) is 6.92 Å². The number of carbonyl (C=O) groups is 1. The number of ether oxygens (including phenoxy) is 1. The van der Waals surface area contributed by atoms with Gasteiger partial charge in [-0.1, -0.05) is 60.2 Å². The number of esters is 1. The van der Waals surface area contributed by atoms with E-state index >= 15 is 0 Å². The molecule has 0 bridgehead atoms. The predicted molar refractivity (Wildman–Crippen MR) is 75.8 cm³/mol. The molecular formula is C17H14FNO2. The number of benzene rings is 2. The molecule has 0 radical (unpaired) electrons. The Morgan fingerprint density at radius 3 is 2.48 bits per heavy atom. The van der Waals surface area contributed by atoms with Gasteiger partial charge in [0.05, 0.1) is 1.37 Å². The number of hydrogen-bond donors (Lipinski definition) is 0. The van der Waals surface area contributed by atoms with Crippen LogP contribution in [0.15, 0.2) is 54.6 Å². The van der Waals surface area contributed by atoms with Crippen molar-refractivity contribution in [2.45, 2.75) is 19.2 Å². The van der Waals surface area contributed by atoms with Crippen LogP contribution in [0.3, 0.4) is 0 Å². The molecule has 0 aliphatic carbocycles. The lowest BCUT2D eigenvalue weighted by molar-refractivity contribution is -0.156. The lowest BCUT2D eigenvalue weighted by Gasteiger charge is -2.16. The van der Waals surface area contributed by atoms with Crippen LogP contribution in [-0.4, -0.2) is 5.97 Å². The quantitative estimate of drug-likeness (QED) is 0.808. The normalized spacial score (nSPS) is 15.2. The third kappa shape index (κ3) is 3.26. The first kappa shape index (κ1) is 13.3.